The van der Waals surface area contributed by atoms with Crippen LogP contribution in [0.4, 0.5) is 0 Å². The first-order valence-corrected chi connectivity index (χ1v) is 7.15. The van der Waals surface area contributed by atoms with E-state index in [9.17, 15) is 5.26 Å². The Balaban J connectivity index is 2.24. The van der Waals surface area contributed by atoms with Crippen molar-refractivity contribution in [1.29, 1.82) is 5.26 Å². The summed E-state index contributed by atoms with van der Waals surface area (Å²) in [5.41, 5.74) is 7.00. The van der Waals surface area contributed by atoms with Crippen molar-refractivity contribution in [2.24, 2.45) is 0 Å². The predicted octanol–water partition coefficient (Wildman–Crippen LogP) is 4.49. The molecule has 0 aliphatic heterocycles. The second-order valence-corrected chi connectivity index (χ2v) is 5.61. The highest BCUT2D eigenvalue weighted by atomic mass is 15.0. The molecule has 21 heavy (non-hydrogen) atoms. The van der Waals surface area contributed by atoms with E-state index in [4.69, 9.17) is 0 Å². The normalized spacial score (nSPS) is 10.8. The van der Waals surface area contributed by atoms with Gasteiger partial charge >= 0.3 is 0 Å². The molecule has 2 nitrogen and oxygen atoms in total. The standard InChI is InChI=1S/C19H18N2/c1-13-9-18-17(10-20)12-21(19(18)15(3)14(13)2)11-16-7-5-4-6-8-16/h4-9,12H,11H2,1-3H3. The molecule has 3 rings (SSSR count). The van der Waals surface area contributed by atoms with Crippen LogP contribution < -0.4 is 0 Å². The highest BCUT2D eigenvalue weighted by Crippen LogP contribution is 2.29. The summed E-state index contributed by atoms with van der Waals surface area (Å²) in [4.78, 5) is 0. The molecular weight excluding hydrogens is 256 g/mol. The molecule has 0 fully saturated rings. The monoisotopic (exact) mass is 274 g/mol. The van der Waals surface area contributed by atoms with E-state index in [2.05, 4.69) is 61.7 Å². The van der Waals surface area contributed by atoms with Crippen LogP contribution in [0.15, 0.2) is 42.6 Å². The molecule has 104 valence electrons. The van der Waals surface area contributed by atoms with Crippen molar-refractivity contribution >= 4 is 10.9 Å². The summed E-state index contributed by atoms with van der Waals surface area (Å²) in [6, 6.07) is 14.8. The van der Waals surface area contributed by atoms with Gasteiger partial charge in [-0.3, -0.25) is 0 Å². The molecule has 0 N–H and O–H groups in total. The SMILES string of the molecule is Cc1cc2c(C#N)cn(Cc3ccccc3)c2c(C)c1C. The maximum Gasteiger partial charge on any atom is 0.101 e. The minimum atomic E-state index is 0.757. The molecule has 0 saturated heterocycles. The largest absolute Gasteiger partial charge is 0.341 e. The Morgan fingerprint density at radius 2 is 1.76 bits per heavy atom. The molecule has 2 aromatic carbocycles. The van der Waals surface area contributed by atoms with Crippen molar-refractivity contribution in [1.82, 2.24) is 4.57 Å². The summed E-state index contributed by atoms with van der Waals surface area (Å²) in [5.74, 6) is 0. The number of rotatable bonds is 2. The quantitative estimate of drug-likeness (QED) is 0.677. The number of hydrogen-bond acceptors (Lipinski definition) is 1. The number of hydrogen-bond donors (Lipinski definition) is 0. The van der Waals surface area contributed by atoms with Crippen LogP contribution in [0.2, 0.25) is 0 Å². The van der Waals surface area contributed by atoms with E-state index >= 15 is 0 Å². The fourth-order valence-electron chi connectivity index (χ4n) is 2.93. The van der Waals surface area contributed by atoms with Crippen LogP contribution in [0, 0.1) is 32.1 Å². The van der Waals surface area contributed by atoms with Gasteiger partial charge in [0.25, 0.3) is 0 Å². The summed E-state index contributed by atoms with van der Waals surface area (Å²) in [6.07, 6.45) is 1.98. The molecule has 0 amide bonds. The minimum Gasteiger partial charge on any atom is -0.341 e. The van der Waals surface area contributed by atoms with Gasteiger partial charge < -0.3 is 4.57 Å². The van der Waals surface area contributed by atoms with Gasteiger partial charge in [-0.05, 0) is 49.1 Å². The maximum absolute atomic E-state index is 9.40. The number of nitrogens with zero attached hydrogens (tertiary/aromatic N) is 2. The summed E-state index contributed by atoms with van der Waals surface area (Å²) in [7, 11) is 0. The Morgan fingerprint density at radius 3 is 2.43 bits per heavy atom. The molecule has 0 aliphatic carbocycles. The van der Waals surface area contributed by atoms with Crippen molar-refractivity contribution in [2.75, 3.05) is 0 Å². The number of benzene rings is 2. The van der Waals surface area contributed by atoms with Crippen LogP contribution in [-0.4, -0.2) is 4.57 Å². The first-order chi connectivity index (χ1) is 10.1. The van der Waals surface area contributed by atoms with E-state index in [1.807, 2.05) is 12.3 Å². The molecule has 0 saturated carbocycles. The maximum atomic E-state index is 9.40. The molecule has 0 atom stereocenters. The summed E-state index contributed by atoms with van der Waals surface area (Å²) in [5, 5.41) is 10.5. The number of aryl methyl sites for hydroxylation is 2. The van der Waals surface area contributed by atoms with E-state index < -0.39 is 0 Å². The molecule has 2 heteroatoms. The second-order valence-electron chi connectivity index (χ2n) is 5.61. The fraction of sp³-hybridized carbons (Fsp3) is 0.211. The Hall–Kier alpha value is -2.53. The van der Waals surface area contributed by atoms with Gasteiger partial charge in [0.15, 0.2) is 0 Å². The van der Waals surface area contributed by atoms with Crippen LogP contribution in [0.25, 0.3) is 10.9 Å². The molecule has 0 bridgehead atoms. The molecule has 0 spiro atoms. The van der Waals surface area contributed by atoms with Gasteiger partial charge in [-0.25, -0.2) is 0 Å². The van der Waals surface area contributed by atoms with Crippen LogP contribution in [0.5, 0.6) is 0 Å². The fourth-order valence-corrected chi connectivity index (χ4v) is 2.93. The Kier molecular flexibility index (Phi) is 3.27. The van der Waals surface area contributed by atoms with Crippen LogP contribution >= 0.6 is 0 Å². The van der Waals surface area contributed by atoms with E-state index in [0.717, 1.165) is 17.5 Å². The number of fused-ring (bicyclic) bond motifs is 1. The average molecular weight is 274 g/mol. The molecule has 0 unspecified atom stereocenters. The van der Waals surface area contributed by atoms with Crippen molar-refractivity contribution in [2.45, 2.75) is 27.3 Å². The van der Waals surface area contributed by atoms with Crippen molar-refractivity contribution in [3.05, 3.63) is 70.4 Å². The van der Waals surface area contributed by atoms with Gasteiger partial charge in [-0.2, -0.15) is 5.26 Å². The van der Waals surface area contributed by atoms with Gasteiger partial charge in [-0.15, -0.1) is 0 Å². The zero-order valence-corrected chi connectivity index (χ0v) is 12.6. The number of aromatic nitrogens is 1. The van der Waals surface area contributed by atoms with Gasteiger partial charge in [0.2, 0.25) is 0 Å². The summed E-state index contributed by atoms with van der Waals surface area (Å²) >= 11 is 0. The Labute approximate surface area is 125 Å². The van der Waals surface area contributed by atoms with Crippen LogP contribution in [0.3, 0.4) is 0 Å². The lowest BCUT2D eigenvalue weighted by Crippen LogP contribution is -2.00. The van der Waals surface area contributed by atoms with Gasteiger partial charge in [0.1, 0.15) is 6.07 Å². The highest BCUT2D eigenvalue weighted by Gasteiger charge is 2.13. The summed E-state index contributed by atoms with van der Waals surface area (Å²) in [6.45, 7) is 7.20. The van der Waals surface area contributed by atoms with Crippen LogP contribution in [-0.2, 0) is 6.54 Å². The molecule has 1 heterocycles. The van der Waals surface area contributed by atoms with Gasteiger partial charge in [0, 0.05) is 18.1 Å². The first-order valence-electron chi connectivity index (χ1n) is 7.15. The van der Waals surface area contributed by atoms with E-state index in [1.165, 1.54) is 27.8 Å². The van der Waals surface area contributed by atoms with Crippen molar-refractivity contribution in [3.63, 3.8) is 0 Å². The zero-order chi connectivity index (χ0) is 15.0. The lowest BCUT2D eigenvalue weighted by Gasteiger charge is -2.11. The van der Waals surface area contributed by atoms with E-state index in [-0.39, 0.29) is 0 Å². The van der Waals surface area contributed by atoms with Gasteiger partial charge in [-0.1, -0.05) is 30.3 Å². The van der Waals surface area contributed by atoms with E-state index in [0.29, 0.717) is 0 Å². The third-order valence-electron chi connectivity index (χ3n) is 4.30. The molecule has 0 radical (unpaired) electrons. The molecular formula is C19H18N2. The molecule has 3 aromatic rings. The van der Waals surface area contributed by atoms with E-state index in [1.54, 1.807) is 0 Å². The molecule has 0 aliphatic rings. The number of nitriles is 1. The minimum absolute atomic E-state index is 0.757. The average Bonchev–Trinajstić information content (AvgIpc) is 2.83. The van der Waals surface area contributed by atoms with Crippen molar-refractivity contribution < 1.29 is 0 Å². The lowest BCUT2D eigenvalue weighted by atomic mass is 10.00. The zero-order valence-electron chi connectivity index (χ0n) is 12.6. The molecule has 1 aromatic heterocycles. The third-order valence-corrected chi connectivity index (χ3v) is 4.30. The highest BCUT2D eigenvalue weighted by molar-refractivity contribution is 5.90. The third kappa shape index (κ3) is 2.21. The smallest absolute Gasteiger partial charge is 0.101 e. The summed E-state index contributed by atoms with van der Waals surface area (Å²) < 4.78 is 2.20. The Morgan fingerprint density at radius 1 is 1.05 bits per heavy atom. The first kappa shape index (κ1) is 13.5. The second kappa shape index (κ2) is 5.10. The topological polar surface area (TPSA) is 28.7 Å². The lowest BCUT2D eigenvalue weighted by molar-refractivity contribution is 0.832. The van der Waals surface area contributed by atoms with Crippen molar-refractivity contribution in [3.8, 4) is 6.07 Å². The van der Waals surface area contributed by atoms with Crippen LogP contribution in [0.1, 0.15) is 27.8 Å². The van der Waals surface area contributed by atoms with Gasteiger partial charge in [0.05, 0.1) is 11.1 Å². The Bertz CT molecular complexity index is 849. The predicted molar refractivity (Wildman–Crippen MR) is 86.4 cm³/mol.